The van der Waals surface area contributed by atoms with Crippen LogP contribution >= 0.6 is 0 Å². The molecule has 2 aromatic heterocycles. The molecule has 1 unspecified atom stereocenters. The van der Waals surface area contributed by atoms with Crippen molar-refractivity contribution in [1.82, 2.24) is 20.2 Å². The lowest BCUT2D eigenvalue weighted by molar-refractivity contribution is 0.0985. The van der Waals surface area contributed by atoms with E-state index < -0.39 is 5.41 Å². The van der Waals surface area contributed by atoms with E-state index in [1.807, 2.05) is 32.9 Å². The highest BCUT2D eigenvalue weighted by atomic mass is 16.5. The summed E-state index contributed by atoms with van der Waals surface area (Å²) in [6.45, 7) is 9.78. The van der Waals surface area contributed by atoms with Crippen LogP contribution in [0.15, 0.2) is 12.1 Å². The van der Waals surface area contributed by atoms with Gasteiger partial charge in [0.15, 0.2) is 0 Å². The zero-order chi connectivity index (χ0) is 18.0. The fourth-order valence-electron chi connectivity index (χ4n) is 2.69. The number of ether oxygens (including phenoxy) is 1. The number of aromatic nitrogens is 4. The zero-order valence-electron chi connectivity index (χ0n) is 15.0. The summed E-state index contributed by atoms with van der Waals surface area (Å²) in [4.78, 5) is 11.4. The lowest BCUT2D eigenvalue weighted by Crippen LogP contribution is -2.44. The molecule has 3 rings (SSSR count). The van der Waals surface area contributed by atoms with Crippen LogP contribution in [0, 0.1) is 18.3 Å². The quantitative estimate of drug-likeness (QED) is 0.879. The van der Waals surface area contributed by atoms with E-state index in [0.29, 0.717) is 30.7 Å². The van der Waals surface area contributed by atoms with Gasteiger partial charge in [-0.1, -0.05) is 0 Å². The smallest absolute Gasteiger partial charge is 0.230 e. The molecule has 25 heavy (non-hydrogen) atoms. The molecule has 0 amide bonds. The zero-order valence-corrected chi connectivity index (χ0v) is 15.0. The molecule has 2 N–H and O–H groups in total. The molecule has 1 aliphatic rings. The van der Waals surface area contributed by atoms with E-state index in [0.717, 1.165) is 18.1 Å². The number of morpholine rings is 1. The largest absolute Gasteiger partial charge is 0.377 e. The molecule has 8 heteroatoms. The Morgan fingerprint density at radius 2 is 2.20 bits per heavy atom. The Bertz CT molecular complexity index is 793. The molecule has 1 saturated heterocycles. The second-order valence-electron chi connectivity index (χ2n) is 6.84. The van der Waals surface area contributed by atoms with Gasteiger partial charge in [-0.3, -0.25) is 5.10 Å². The van der Waals surface area contributed by atoms with Gasteiger partial charge in [-0.2, -0.15) is 15.3 Å². The summed E-state index contributed by atoms with van der Waals surface area (Å²) >= 11 is 0. The topological polar surface area (TPSA) is 103 Å². The van der Waals surface area contributed by atoms with E-state index >= 15 is 0 Å². The highest BCUT2D eigenvalue weighted by Gasteiger charge is 2.27. The number of nitrogens with one attached hydrogen (secondary N) is 2. The molecule has 132 valence electrons. The molecule has 8 nitrogen and oxygen atoms in total. The summed E-state index contributed by atoms with van der Waals surface area (Å²) in [6, 6.07) is 6.30. The maximum Gasteiger partial charge on any atom is 0.230 e. The molecule has 0 aliphatic carbocycles. The van der Waals surface area contributed by atoms with Gasteiger partial charge >= 0.3 is 0 Å². The number of hydrogen-bond donors (Lipinski definition) is 2. The molecular formula is C17H23N7O. The predicted octanol–water partition coefficient (Wildman–Crippen LogP) is 2.28. The van der Waals surface area contributed by atoms with Crippen LogP contribution < -0.4 is 10.2 Å². The average Bonchev–Trinajstić information content (AvgIpc) is 3.00. The van der Waals surface area contributed by atoms with Gasteiger partial charge < -0.3 is 15.0 Å². The van der Waals surface area contributed by atoms with E-state index in [-0.39, 0.29) is 6.04 Å². The van der Waals surface area contributed by atoms with Crippen molar-refractivity contribution in [2.24, 2.45) is 0 Å². The molecule has 1 aliphatic heterocycles. The minimum Gasteiger partial charge on any atom is -0.377 e. The summed E-state index contributed by atoms with van der Waals surface area (Å²) in [5.41, 5.74) is 0.837. The first-order valence-corrected chi connectivity index (χ1v) is 8.33. The van der Waals surface area contributed by atoms with Crippen molar-refractivity contribution in [1.29, 1.82) is 5.26 Å². The maximum atomic E-state index is 9.50. The monoisotopic (exact) mass is 341 g/mol. The summed E-state index contributed by atoms with van der Waals surface area (Å²) in [6.07, 6.45) is 0. The highest BCUT2D eigenvalue weighted by Crippen LogP contribution is 2.27. The van der Waals surface area contributed by atoms with E-state index in [4.69, 9.17) is 4.74 Å². The van der Waals surface area contributed by atoms with Crippen LogP contribution in [-0.4, -0.2) is 46.0 Å². The molecule has 1 fully saturated rings. The Labute approximate surface area is 147 Å². The summed E-state index contributed by atoms with van der Waals surface area (Å²) in [5, 5.41) is 19.6. The summed E-state index contributed by atoms with van der Waals surface area (Å²) in [5.74, 6) is 1.95. The van der Waals surface area contributed by atoms with Crippen molar-refractivity contribution in [2.75, 3.05) is 30.0 Å². The molecule has 0 radical (unpaired) electrons. The fourth-order valence-corrected chi connectivity index (χ4v) is 2.69. The van der Waals surface area contributed by atoms with Gasteiger partial charge in [0.2, 0.25) is 5.95 Å². The standard InChI is InChI=1S/C17H23N7O/c1-11-7-14(23-22-11)20-16-19-13(17(3,4)10-18)8-15(21-16)24-5-6-25-9-12(24)2/h7-8,12H,5-6,9H2,1-4H3,(H2,19,20,21,22,23). The van der Waals surface area contributed by atoms with Crippen molar-refractivity contribution in [3.05, 3.63) is 23.5 Å². The van der Waals surface area contributed by atoms with Gasteiger partial charge in [0.25, 0.3) is 0 Å². The Hall–Kier alpha value is -2.66. The first kappa shape index (κ1) is 17.2. The average molecular weight is 341 g/mol. The van der Waals surface area contributed by atoms with Gasteiger partial charge in [0.1, 0.15) is 11.6 Å². The molecule has 1 atom stereocenters. The van der Waals surface area contributed by atoms with Crippen LogP contribution in [0.4, 0.5) is 17.6 Å². The lowest BCUT2D eigenvalue weighted by atomic mass is 9.91. The lowest BCUT2D eigenvalue weighted by Gasteiger charge is -2.34. The van der Waals surface area contributed by atoms with E-state index in [9.17, 15) is 5.26 Å². The number of hydrogen-bond acceptors (Lipinski definition) is 7. The van der Waals surface area contributed by atoms with Crippen molar-refractivity contribution in [3.8, 4) is 6.07 Å². The van der Waals surface area contributed by atoms with Crippen LogP contribution in [0.5, 0.6) is 0 Å². The van der Waals surface area contributed by atoms with Crippen LogP contribution in [0.25, 0.3) is 0 Å². The predicted molar refractivity (Wildman–Crippen MR) is 94.9 cm³/mol. The molecule has 0 aromatic carbocycles. The van der Waals surface area contributed by atoms with Crippen LogP contribution in [0.2, 0.25) is 0 Å². The van der Waals surface area contributed by atoms with Gasteiger partial charge in [0, 0.05) is 18.7 Å². The number of aryl methyl sites for hydroxylation is 1. The molecule has 0 bridgehead atoms. The molecule has 0 spiro atoms. The minimum absolute atomic E-state index is 0.212. The number of rotatable bonds is 4. The number of anilines is 3. The molecule has 0 saturated carbocycles. The SMILES string of the molecule is Cc1cc(Nc2nc(N3CCOCC3C)cc(C(C)(C)C#N)n2)[nH]n1. The molecule has 2 aromatic rings. The van der Waals surface area contributed by atoms with Crippen molar-refractivity contribution >= 4 is 17.6 Å². The number of aromatic amines is 1. The Morgan fingerprint density at radius 1 is 1.40 bits per heavy atom. The highest BCUT2D eigenvalue weighted by molar-refractivity contribution is 5.54. The third-order valence-electron chi connectivity index (χ3n) is 4.25. The molecule has 3 heterocycles. The van der Waals surface area contributed by atoms with E-state index in [1.165, 1.54) is 0 Å². The first-order chi connectivity index (χ1) is 11.9. The van der Waals surface area contributed by atoms with Gasteiger partial charge in [0.05, 0.1) is 42.1 Å². The normalized spacial score (nSPS) is 18.0. The van der Waals surface area contributed by atoms with Gasteiger partial charge in [-0.05, 0) is 27.7 Å². The van der Waals surface area contributed by atoms with Gasteiger partial charge in [-0.15, -0.1) is 0 Å². The van der Waals surface area contributed by atoms with Crippen molar-refractivity contribution < 1.29 is 4.74 Å². The summed E-state index contributed by atoms with van der Waals surface area (Å²) in [7, 11) is 0. The second kappa shape index (κ2) is 6.69. The van der Waals surface area contributed by atoms with Crippen molar-refractivity contribution in [2.45, 2.75) is 39.2 Å². The van der Waals surface area contributed by atoms with Crippen LogP contribution in [0.3, 0.4) is 0 Å². The van der Waals surface area contributed by atoms with Crippen molar-refractivity contribution in [3.63, 3.8) is 0 Å². The first-order valence-electron chi connectivity index (χ1n) is 8.33. The van der Waals surface area contributed by atoms with Crippen LogP contribution in [0.1, 0.15) is 32.2 Å². The Morgan fingerprint density at radius 3 is 2.84 bits per heavy atom. The van der Waals surface area contributed by atoms with E-state index in [2.05, 4.69) is 43.4 Å². The third-order valence-corrected chi connectivity index (χ3v) is 4.25. The number of H-pyrrole nitrogens is 1. The number of nitriles is 1. The molecular weight excluding hydrogens is 318 g/mol. The maximum absolute atomic E-state index is 9.50. The van der Waals surface area contributed by atoms with Gasteiger partial charge in [-0.25, -0.2) is 4.98 Å². The van der Waals surface area contributed by atoms with Crippen LogP contribution in [-0.2, 0) is 10.2 Å². The van der Waals surface area contributed by atoms with E-state index in [1.54, 1.807) is 0 Å². The Balaban J connectivity index is 2.00. The summed E-state index contributed by atoms with van der Waals surface area (Å²) < 4.78 is 5.51. The number of nitrogens with zero attached hydrogens (tertiary/aromatic N) is 5. The fraction of sp³-hybridized carbons (Fsp3) is 0.529. The minimum atomic E-state index is -0.715. The third kappa shape index (κ3) is 3.72. The second-order valence-corrected chi connectivity index (χ2v) is 6.84. The Kier molecular flexibility index (Phi) is 4.59.